The van der Waals surface area contributed by atoms with E-state index in [2.05, 4.69) is 0 Å². The van der Waals surface area contributed by atoms with E-state index in [1.54, 1.807) is 4.90 Å². The fourth-order valence-electron chi connectivity index (χ4n) is 2.08. The van der Waals surface area contributed by atoms with Gasteiger partial charge in [0, 0.05) is 12.2 Å². The van der Waals surface area contributed by atoms with E-state index in [0.717, 1.165) is 6.07 Å². The summed E-state index contributed by atoms with van der Waals surface area (Å²) in [6, 6.07) is 3.58. The predicted molar refractivity (Wildman–Crippen MR) is 68.1 cm³/mol. The van der Waals surface area contributed by atoms with Crippen molar-refractivity contribution in [3.05, 3.63) is 29.6 Å². The van der Waals surface area contributed by atoms with E-state index in [1.807, 2.05) is 6.92 Å². The Labute approximate surface area is 110 Å². The Morgan fingerprint density at radius 2 is 2.37 bits per heavy atom. The fraction of sp³-hybridized carbons (Fsp3) is 0.462. The molecule has 2 atom stereocenters. The third-order valence-corrected chi connectivity index (χ3v) is 3.22. The molecule has 0 spiro atoms. The number of morpholine rings is 1. The Morgan fingerprint density at radius 1 is 1.63 bits per heavy atom. The summed E-state index contributed by atoms with van der Waals surface area (Å²) in [5, 5.41) is 9.10. The minimum atomic E-state index is -0.503. The van der Waals surface area contributed by atoms with E-state index in [1.165, 1.54) is 12.1 Å². The van der Waals surface area contributed by atoms with Crippen LogP contribution in [0.3, 0.4) is 0 Å². The summed E-state index contributed by atoms with van der Waals surface area (Å²) in [6.45, 7) is 2.29. The van der Waals surface area contributed by atoms with Crippen LogP contribution >= 0.6 is 0 Å². The zero-order valence-corrected chi connectivity index (χ0v) is 10.7. The molecule has 104 valence electrons. The molecule has 1 heterocycles. The Kier molecular flexibility index (Phi) is 4.01. The Hall–Kier alpha value is -1.66. The number of anilines is 1. The topological polar surface area (TPSA) is 75.8 Å². The van der Waals surface area contributed by atoms with Crippen molar-refractivity contribution in [1.29, 1.82) is 0 Å². The average molecular weight is 268 g/mol. The van der Waals surface area contributed by atoms with Gasteiger partial charge < -0.3 is 20.5 Å². The number of nitrogens with zero attached hydrogens (tertiary/aromatic N) is 1. The zero-order chi connectivity index (χ0) is 14.0. The second-order valence-corrected chi connectivity index (χ2v) is 4.68. The highest BCUT2D eigenvalue weighted by atomic mass is 19.1. The van der Waals surface area contributed by atoms with Crippen molar-refractivity contribution in [3.8, 4) is 0 Å². The Morgan fingerprint density at radius 3 is 3.05 bits per heavy atom. The molecule has 1 fully saturated rings. The van der Waals surface area contributed by atoms with Crippen LogP contribution in [0.15, 0.2) is 18.2 Å². The number of aliphatic hydroxyl groups is 1. The van der Waals surface area contributed by atoms with Gasteiger partial charge in [-0.25, -0.2) is 4.39 Å². The lowest BCUT2D eigenvalue weighted by Gasteiger charge is -2.37. The summed E-state index contributed by atoms with van der Waals surface area (Å²) in [7, 11) is 0. The van der Waals surface area contributed by atoms with Crippen molar-refractivity contribution in [2.24, 2.45) is 0 Å². The van der Waals surface area contributed by atoms with Gasteiger partial charge in [-0.2, -0.15) is 0 Å². The lowest BCUT2D eigenvalue weighted by Crippen LogP contribution is -2.52. The molecule has 2 unspecified atom stereocenters. The van der Waals surface area contributed by atoms with Crippen LogP contribution < -0.4 is 5.73 Å². The van der Waals surface area contributed by atoms with Gasteiger partial charge >= 0.3 is 0 Å². The van der Waals surface area contributed by atoms with Gasteiger partial charge in [0.05, 0.1) is 30.9 Å². The molecule has 3 N–H and O–H groups in total. The number of halogens is 1. The van der Waals surface area contributed by atoms with Crippen LogP contribution in [0, 0.1) is 5.82 Å². The second kappa shape index (κ2) is 5.54. The van der Waals surface area contributed by atoms with Crippen molar-refractivity contribution in [2.75, 3.05) is 25.5 Å². The molecular weight excluding hydrogens is 251 g/mol. The summed E-state index contributed by atoms with van der Waals surface area (Å²) < 4.78 is 18.6. The highest BCUT2D eigenvalue weighted by molar-refractivity contribution is 5.99. The van der Waals surface area contributed by atoms with Gasteiger partial charge in [-0.15, -0.1) is 0 Å². The number of nitrogen functional groups attached to an aromatic ring is 1. The molecule has 0 aromatic heterocycles. The first-order chi connectivity index (χ1) is 9.02. The van der Waals surface area contributed by atoms with Crippen LogP contribution in [0.5, 0.6) is 0 Å². The number of benzene rings is 1. The van der Waals surface area contributed by atoms with Crippen LogP contribution in [0.1, 0.15) is 17.3 Å². The molecule has 0 saturated carbocycles. The predicted octanol–water partition coefficient (Wildman–Crippen LogP) is 0.630. The average Bonchev–Trinajstić information content (AvgIpc) is 2.41. The molecule has 1 aromatic carbocycles. The molecule has 1 aromatic rings. The molecule has 0 radical (unpaired) electrons. The van der Waals surface area contributed by atoms with Gasteiger partial charge in [-0.05, 0) is 25.1 Å². The van der Waals surface area contributed by atoms with Crippen molar-refractivity contribution >= 4 is 11.6 Å². The number of amides is 1. The second-order valence-electron chi connectivity index (χ2n) is 4.68. The van der Waals surface area contributed by atoms with Crippen molar-refractivity contribution < 1.29 is 19.0 Å². The van der Waals surface area contributed by atoms with Gasteiger partial charge in [0.1, 0.15) is 5.82 Å². The molecule has 1 aliphatic rings. The molecule has 5 nitrogen and oxygen atoms in total. The first-order valence-electron chi connectivity index (χ1n) is 6.11. The smallest absolute Gasteiger partial charge is 0.256 e. The van der Waals surface area contributed by atoms with Crippen LogP contribution in [-0.2, 0) is 4.74 Å². The zero-order valence-electron chi connectivity index (χ0n) is 10.7. The van der Waals surface area contributed by atoms with Gasteiger partial charge in [0.2, 0.25) is 0 Å². The summed E-state index contributed by atoms with van der Waals surface area (Å²) in [4.78, 5) is 13.9. The minimum absolute atomic E-state index is 0.141. The number of nitrogens with two attached hydrogens (primary N) is 1. The van der Waals surface area contributed by atoms with Crippen LogP contribution in [0.2, 0.25) is 0 Å². The third kappa shape index (κ3) is 2.85. The standard InChI is InChI=1S/C13H17FN2O3/c1-8-7-19-10(6-17)5-16(8)13(18)11-4-9(14)2-3-12(11)15/h2-4,8,10,17H,5-7,15H2,1H3. The summed E-state index contributed by atoms with van der Waals surface area (Å²) >= 11 is 0. The Balaban J connectivity index is 2.24. The van der Waals surface area contributed by atoms with E-state index >= 15 is 0 Å². The molecule has 6 heteroatoms. The number of carbonyl (C=O) groups is 1. The maximum atomic E-state index is 13.2. The lowest BCUT2D eigenvalue weighted by molar-refractivity contribution is -0.0667. The molecule has 19 heavy (non-hydrogen) atoms. The summed E-state index contributed by atoms with van der Waals surface area (Å²) in [5.74, 6) is -0.844. The number of hydrogen-bond acceptors (Lipinski definition) is 4. The quantitative estimate of drug-likeness (QED) is 0.771. The molecule has 1 aliphatic heterocycles. The van der Waals surface area contributed by atoms with Crippen LogP contribution in [-0.4, -0.2) is 47.8 Å². The van der Waals surface area contributed by atoms with Gasteiger partial charge in [-0.3, -0.25) is 4.79 Å². The van der Waals surface area contributed by atoms with E-state index in [9.17, 15) is 9.18 Å². The monoisotopic (exact) mass is 268 g/mol. The van der Waals surface area contributed by atoms with E-state index in [0.29, 0.717) is 6.61 Å². The fourth-order valence-corrected chi connectivity index (χ4v) is 2.08. The SMILES string of the molecule is CC1COC(CO)CN1C(=O)c1cc(F)ccc1N. The minimum Gasteiger partial charge on any atom is -0.398 e. The van der Waals surface area contributed by atoms with Crippen molar-refractivity contribution in [3.63, 3.8) is 0 Å². The van der Waals surface area contributed by atoms with Gasteiger partial charge in [0.25, 0.3) is 5.91 Å². The highest BCUT2D eigenvalue weighted by Crippen LogP contribution is 2.20. The molecule has 1 amide bonds. The largest absolute Gasteiger partial charge is 0.398 e. The summed E-state index contributed by atoms with van der Waals surface area (Å²) in [5.41, 5.74) is 6.10. The maximum absolute atomic E-state index is 13.2. The maximum Gasteiger partial charge on any atom is 0.256 e. The highest BCUT2D eigenvalue weighted by Gasteiger charge is 2.30. The van der Waals surface area contributed by atoms with Crippen molar-refractivity contribution in [2.45, 2.75) is 19.1 Å². The Bertz CT molecular complexity index is 481. The van der Waals surface area contributed by atoms with Gasteiger partial charge in [0.15, 0.2) is 0 Å². The number of rotatable bonds is 2. The first-order valence-corrected chi connectivity index (χ1v) is 6.11. The third-order valence-electron chi connectivity index (χ3n) is 3.22. The number of aliphatic hydroxyl groups excluding tert-OH is 1. The number of hydrogen-bond donors (Lipinski definition) is 2. The van der Waals surface area contributed by atoms with E-state index < -0.39 is 11.9 Å². The molecule has 2 rings (SSSR count). The lowest BCUT2D eigenvalue weighted by atomic mass is 10.1. The van der Waals surface area contributed by atoms with Gasteiger partial charge in [-0.1, -0.05) is 0 Å². The summed E-state index contributed by atoms with van der Waals surface area (Å²) in [6.07, 6.45) is -0.407. The molecule has 1 saturated heterocycles. The normalized spacial score (nSPS) is 23.4. The number of ether oxygens (including phenoxy) is 1. The van der Waals surface area contributed by atoms with Crippen molar-refractivity contribution in [1.82, 2.24) is 4.90 Å². The molecule has 0 bridgehead atoms. The molecule has 0 aliphatic carbocycles. The van der Waals surface area contributed by atoms with Crippen LogP contribution in [0.25, 0.3) is 0 Å². The van der Waals surface area contributed by atoms with Crippen LogP contribution in [0.4, 0.5) is 10.1 Å². The first kappa shape index (κ1) is 13.8. The van der Waals surface area contributed by atoms with E-state index in [-0.39, 0.29) is 36.4 Å². The molecular formula is C13H17FN2O3. The number of carbonyl (C=O) groups excluding carboxylic acids is 1. The van der Waals surface area contributed by atoms with E-state index in [4.69, 9.17) is 15.6 Å².